The molecule has 1 saturated heterocycles. The fraction of sp³-hybridized carbons (Fsp3) is 0.389. The summed E-state index contributed by atoms with van der Waals surface area (Å²) in [4.78, 5) is 27.0. The van der Waals surface area contributed by atoms with Gasteiger partial charge < -0.3 is 10.2 Å². The predicted octanol–water partition coefficient (Wildman–Crippen LogP) is 3.53. The van der Waals surface area contributed by atoms with Gasteiger partial charge in [-0.05, 0) is 38.0 Å². The Bertz CT molecular complexity index is 850. The average molecular weight is 395 g/mol. The smallest absolute Gasteiger partial charge is 0.253 e. The van der Waals surface area contributed by atoms with Gasteiger partial charge in [0.05, 0.1) is 21.7 Å². The standard InChI is InChI=1S/C18H20Cl2N4O2/c1-11-8-16(23(2)22-11)21-17(25)13-4-3-7-24(10-13)18(26)12-5-6-14(19)15(20)9-12/h5-6,8-9,13H,3-4,7,10H2,1-2H3,(H,21,25). The number of halogens is 2. The van der Waals surface area contributed by atoms with Gasteiger partial charge in [-0.2, -0.15) is 5.10 Å². The van der Waals surface area contributed by atoms with E-state index in [1.54, 1.807) is 34.8 Å². The number of hydrogen-bond acceptors (Lipinski definition) is 3. The van der Waals surface area contributed by atoms with Crippen LogP contribution in [0.3, 0.4) is 0 Å². The first-order valence-corrected chi connectivity index (χ1v) is 9.16. The summed E-state index contributed by atoms with van der Waals surface area (Å²) in [6, 6.07) is 6.64. The van der Waals surface area contributed by atoms with Gasteiger partial charge in [0.15, 0.2) is 0 Å². The molecule has 1 aliphatic heterocycles. The molecule has 8 heteroatoms. The Balaban J connectivity index is 1.68. The maximum Gasteiger partial charge on any atom is 0.253 e. The van der Waals surface area contributed by atoms with Gasteiger partial charge in [0.25, 0.3) is 5.91 Å². The predicted molar refractivity (Wildman–Crippen MR) is 102 cm³/mol. The van der Waals surface area contributed by atoms with Gasteiger partial charge in [-0.15, -0.1) is 0 Å². The van der Waals surface area contributed by atoms with E-state index < -0.39 is 0 Å². The number of benzene rings is 1. The molecule has 0 saturated carbocycles. The van der Waals surface area contributed by atoms with Crippen molar-refractivity contribution in [2.45, 2.75) is 19.8 Å². The van der Waals surface area contributed by atoms with Gasteiger partial charge in [-0.3, -0.25) is 14.3 Å². The van der Waals surface area contributed by atoms with Crippen molar-refractivity contribution in [3.05, 3.63) is 45.6 Å². The van der Waals surface area contributed by atoms with Crippen molar-refractivity contribution in [3.63, 3.8) is 0 Å². The molecule has 138 valence electrons. The molecule has 1 fully saturated rings. The number of likely N-dealkylation sites (tertiary alicyclic amines) is 1. The Morgan fingerprint density at radius 3 is 2.65 bits per heavy atom. The zero-order valence-corrected chi connectivity index (χ0v) is 16.1. The first kappa shape index (κ1) is 18.7. The van der Waals surface area contributed by atoms with Crippen molar-refractivity contribution in [2.24, 2.45) is 13.0 Å². The van der Waals surface area contributed by atoms with Crippen molar-refractivity contribution < 1.29 is 9.59 Å². The molecule has 26 heavy (non-hydrogen) atoms. The summed E-state index contributed by atoms with van der Waals surface area (Å²) in [6.45, 7) is 2.86. The number of piperidine rings is 1. The van der Waals surface area contributed by atoms with Crippen LogP contribution >= 0.6 is 23.2 Å². The summed E-state index contributed by atoms with van der Waals surface area (Å²) < 4.78 is 1.63. The zero-order valence-electron chi connectivity index (χ0n) is 14.6. The van der Waals surface area contributed by atoms with Crippen LogP contribution in [0.2, 0.25) is 10.0 Å². The highest BCUT2D eigenvalue weighted by molar-refractivity contribution is 6.42. The molecule has 2 amide bonds. The van der Waals surface area contributed by atoms with Crippen molar-refractivity contribution in [1.82, 2.24) is 14.7 Å². The lowest BCUT2D eigenvalue weighted by Crippen LogP contribution is -2.43. The number of aromatic nitrogens is 2. The lowest BCUT2D eigenvalue weighted by Gasteiger charge is -2.32. The molecule has 3 rings (SSSR count). The van der Waals surface area contributed by atoms with E-state index in [2.05, 4.69) is 10.4 Å². The van der Waals surface area contributed by atoms with Crippen LogP contribution in [0.15, 0.2) is 24.3 Å². The number of rotatable bonds is 3. The summed E-state index contributed by atoms with van der Waals surface area (Å²) in [5.74, 6) is 0.156. The number of aryl methyl sites for hydroxylation is 2. The Morgan fingerprint density at radius 2 is 2.00 bits per heavy atom. The molecular weight excluding hydrogens is 375 g/mol. The Labute approximate surface area is 162 Å². The first-order valence-electron chi connectivity index (χ1n) is 8.41. The van der Waals surface area contributed by atoms with Gasteiger partial charge in [0.1, 0.15) is 5.82 Å². The molecule has 6 nitrogen and oxygen atoms in total. The lowest BCUT2D eigenvalue weighted by atomic mass is 9.96. The molecule has 2 aromatic rings. The summed E-state index contributed by atoms with van der Waals surface area (Å²) in [5, 5.41) is 7.87. The molecular formula is C18H20Cl2N4O2. The van der Waals surface area contributed by atoms with E-state index in [1.165, 1.54) is 0 Å². The number of hydrogen-bond donors (Lipinski definition) is 1. The quantitative estimate of drug-likeness (QED) is 0.865. The van der Waals surface area contributed by atoms with Crippen molar-refractivity contribution in [3.8, 4) is 0 Å². The van der Waals surface area contributed by atoms with E-state index in [0.717, 1.165) is 18.5 Å². The number of carbonyl (C=O) groups excluding carboxylic acids is 2. The van der Waals surface area contributed by atoms with E-state index in [-0.39, 0.29) is 17.7 Å². The Morgan fingerprint density at radius 1 is 1.23 bits per heavy atom. The van der Waals surface area contributed by atoms with Gasteiger partial charge in [0.2, 0.25) is 5.91 Å². The van der Waals surface area contributed by atoms with E-state index in [9.17, 15) is 9.59 Å². The summed E-state index contributed by atoms with van der Waals surface area (Å²) in [7, 11) is 1.78. The topological polar surface area (TPSA) is 67.2 Å². The SMILES string of the molecule is Cc1cc(NC(=O)C2CCCN(C(=O)c3ccc(Cl)c(Cl)c3)C2)n(C)n1. The highest BCUT2D eigenvalue weighted by atomic mass is 35.5. The maximum absolute atomic E-state index is 12.7. The number of carbonyl (C=O) groups is 2. The molecule has 0 spiro atoms. The average Bonchev–Trinajstić information content (AvgIpc) is 2.94. The Hall–Kier alpha value is -2.05. The monoisotopic (exact) mass is 394 g/mol. The van der Waals surface area contributed by atoms with Crippen LogP contribution < -0.4 is 5.32 Å². The Kier molecular flexibility index (Phi) is 5.53. The molecule has 2 heterocycles. The van der Waals surface area contributed by atoms with Crippen LogP contribution in [-0.2, 0) is 11.8 Å². The summed E-state index contributed by atoms with van der Waals surface area (Å²) in [6.07, 6.45) is 1.52. The second-order valence-electron chi connectivity index (χ2n) is 6.50. The summed E-state index contributed by atoms with van der Waals surface area (Å²) >= 11 is 11.9. The maximum atomic E-state index is 12.7. The normalized spacial score (nSPS) is 17.2. The van der Waals surface area contributed by atoms with Crippen LogP contribution in [0.5, 0.6) is 0 Å². The van der Waals surface area contributed by atoms with E-state index >= 15 is 0 Å². The summed E-state index contributed by atoms with van der Waals surface area (Å²) in [5.41, 5.74) is 1.31. The van der Waals surface area contributed by atoms with Gasteiger partial charge >= 0.3 is 0 Å². The van der Waals surface area contributed by atoms with Crippen molar-refractivity contribution in [2.75, 3.05) is 18.4 Å². The van der Waals surface area contributed by atoms with Crippen LogP contribution in [0.4, 0.5) is 5.82 Å². The lowest BCUT2D eigenvalue weighted by molar-refractivity contribution is -0.121. The molecule has 0 bridgehead atoms. The third kappa shape index (κ3) is 4.02. The van der Waals surface area contributed by atoms with Crippen LogP contribution in [0.25, 0.3) is 0 Å². The second kappa shape index (κ2) is 7.68. The van der Waals surface area contributed by atoms with E-state index in [0.29, 0.717) is 34.5 Å². The van der Waals surface area contributed by atoms with Gasteiger partial charge in [-0.1, -0.05) is 23.2 Å². The molecule has 0 radical (unpaired) electrons. The van der Waals surface area contributed by atoms with Crippen LogP contribution in [-0.4, -0.2) is 39.6 Å². The van der Waals surface area contributed by atoms with Gasteiger partial charge in [-0.25, -0.2) is 0 Å². The fourth-order valence-corrected chi connectivity index (χ4v) is 3.44. The third-order valence-electron chi connectivity index (χ3n) is 4.50. The van der Waals surface area contributed by atoms with E-state index in [4.69, 9.17) is 23.2 Å². The highest BCUT2D eigenvalue weighted by Crippen LogP contribution is 2.25. The molecule has 1 atom stereocenters. The molecule has 1 N–H and O–H groups in total. The molecule has 1 aromatic carbocycles. The minimum atomic E-state index is -0.259. The van der Waals surface area contributed by atoms with Gasteiger partial charge in [0, 0.05) is 31.8 Å². The van der Waals surface area contributed by atoms with E-state index in [1.807, 2.05) is 13.0 Å². The number of nitrogens with one attached hydrogen (secondary N) is 1. The van der Waals surface area contributed by atoms with Crippen molar-refractivity contribution in [1.29, 1.82) is 0 Å². The largest absolute Gasteiger partial charge is 0.338 e. The number of anilines is 1. The third-order valence-corrected chi connectivity index (χ3v) is 5.24. The van der Waals surface area contributed by atoms with Crippen LogP contribution in [0, 0.1) is 12.8 Å². The van der Waals surface area contributed by atoms with Crippen molar-refractivity contribution >= 4 is 40.8 Å². The molecule has 1 aromatic heterocycles. The molecule has 0 aliphatic carbocycles. The number of amides is 2. The van der Waals surface area contributed by atoms with Crippen LogP contribution in [0.1, 0.15) is 28.9 Å². The number of nitrogens with zero attached hydrogens (tertiary/aromatic N) is 3. The molecule has 1 aliphatic rings. The fourth-order valence-electron chi connectivity index (χ4n) is 3.14. The first-order chi connectivity index (χ1) is 12.3. The second-order valence-corrected chi connectivity index (χ2v) is 7.32. The minimum Gasteiger partial charge on any atom is -0.338 e. The minimum absolute atomic E-state index is 0.0976. The highest BCUT2D eigenvalue weighted by Gasteiger charge is 2.29. The zero-order chi connectivity index (χ0) is 18.8. The molecule has 1 unspecified atom stereocenters.